The lowest BCUT2D eigenvalue weighted by molar-refractivity contribution is -0.192. The molecule has 0 saturated heterocycles. The Morgan fingerprint density at radius 1 is 1.00 bits per heavy atom. The molecule has 0 aliphatic carbocycles. The number of aliphatic hydroxyl groups is 1. The number of Topliss-reactive ketones (excluding diaryl/α,β-unsaturated/α-hetero) is 1. The van der Waals surface area contributed by atoms with Gasteiger partial charge in [-0.05, 0) is 30.0 Å². The molecule has 1 N–H and O–H groups in total. The van der Waals surface area contributed by atoms with Gasteiger partial charge >= 0.3 is 5.97 Å². The fourth-order valence-corrected chi connectivity index (χ4v) is 4.89. The van der Waals surface area contributed by atoms with Crippen molar-refractivity contribution in [2.24, 2.45) is 5.92 Å². The van der Waals surface area contributed by atoms with E-state index in [1.54, 1.807) is 7.11 Å². The maximum Gasteiger partial charge on any atom is 0.338 e. The second kappa shape index (κ2) is 20.0. The second-order valence-electron chi connectivity index (χ2n) is 11.6. The van der Waals surface area contributed by atoms with Gasteiger partial charge < -0.3 is 43.0 Å². The molecule has 1 unspecified atom stereocenters. The molecule has 0 saturated carbocycles. The smallest absolute Gasteiger partial charge is 0.338 e. The zero-order valence-electron chi connectivity index (χ0n) is 27.4. The minimum absolute atomic E-state index is 0.0178. The van der Waals surface area contributed by atoms with Crippen molar-refractivity contribution < 1.29 is 52.6 Å². The number of cyclic esters (lactones) is 1. The molecule has 1 aromatic carbocycles. The highest BCUT2D eigenvalue weighted by Gasteiger charge is 2.37. The first kappa shape index (κ1) is 38.0. The van der Waals surface area contributed by atoms with Crippen LogP contribution in [0.2, 0.25) is 0 Å². The number of rotatable bonds is 16. The molecular weight excluding hydrogens is 572 g/mol. The van der Waals surface area contributed by atoms with E-state index in [-0.39, 0.29) is 44.9 Å². The summed E-state index contributed by atoms with van der Waals surface area (Å²) < 4.78 is 44.1. The number of ether oxygens (including phenoxy) is 8. The number of hydrogen-bond acceptors (Lipinski definition) is 11. The molecule has 1 aliphatic rings. The molecule has 0 spiro atoms. The Bertz CT molecular complexity index is 1020. The first-order chi connectivity index (χ1) is 21.1. The van der Waals surface area contributed by atoms with Crippen LogP contribution in [0.1, 0.15) is 58.1 Å². The highest BCUT2D eigenvalue weighted by Crippen LogP contribution is 2.31. The lowest BCUT2D eigenvalue weighted by Crippen LogP contribution is -2.44. The topological polar surface area (TPSA) is 128 Å². The SMILES string of the molecule is CC[C@H](/C=C(/C)C1CC(=O)C[C@H](O)C(C)(C)c2cccc(c2)C[C@@H](OCOC)[C@H](OCOC)C(=O)O1)COCOCCOC. The van der Waals surface area contributed by atoms with Crippen molar-refractivity contribution in [1.82, 2.24) is 0 Å². The monoisotopic (exact) mass is 624 g/mol. The molecule has 5 atom stereocenters. The summed E-state index contributed by atoms with van der Waals surface area (Å²) in [7, 11) is 4.55. The van der Waals surface area contributed by atoms with E-state index >= 15 is 0 Å². The molecule has 0 fully saturated rings. The fraction of sp³-hybridized carbons (Fsp3) is 0.697. The zero-order valence-corrected chi connectivity index (χ0v) is 27.4. The van der Waals surface area contributed by atoms with E-state index in [1.807, 2.05) is 58.0 Å². The summed E-state index contributed by atoms with van der Waals surface area (Å²) in [5, 5.41) is 11.2. The van der Waals surface area contributed by atoms with E-state index in [1.165, 1.54) is 14.2 Å². The number of carbonyl (C=O) groups excluding carboxylic acids is 2. The van der Waals surface area contributed by atoms with Crippen LogP contribution in [0.25, 0.3) is 0 Å². The van der Waals surface area contributed by atoms with Crippen LogP contribution < -0.4 is 0 Å². The van der Waals surface area contributed by atoms with Crippen molar-refractivity contribution in [1.29, 1.82) is 0 Å². The van der Waals surface area contributed by atoms with Crippen molar-refractivity contribution in [3.05, 3.63) is 47.0 Å². The van der Waals surface area contributed by atoms with Crippen molar-refractivity contribution in [2.45, 2.75) is 83.2 Å². The van der Waals surface area contributed by atoms with Gasteiger partial charge in [0.05, 0.1) is 25.9 Å². The number of methoxy groups -OCH3 is 3. The largest absolute Gasteiger partial charge is 0.455 e. The van der Waals surface area contributed by atoms with Gasteiger partial charge in [0.15, 0.2) is 6.10 Å². The molecule has 2 bridgehead atoms. The van der Waals surface area contributed by atoms with Gasteiger partial charge in [0, 0.05) is 51.9 Å². The third-order valence-electron chi connectivity index (χ3n) is 7.83. The molecule has 2 rings (SSSR count). The Kier molecular flexibility index (Phi) is 17.3. The predicted octanol–water partition coefficient (Wildman–Crippen LogP) is 3.73. The van der Waals surface area contributed by atoms with Crippen LogP contribution in [-0.2, 0) is 59.3 Å². The number of fused-ring (bicyclic) bond motifs is 2. The van der Waals surface area contributed by atoms with E-state index in [2.05, 4.69) is 0 Å². The summed E-state index contributed by atoms with van der Waals surface area (Å²) in [6, 6.07) is 7.67. The third-order valence-corrected chi connectivity index (χ3v) is 7.83. The average Bonchev–Trinajstić information content (AvgIpc) is 3.00. The molecule has 1 aliphatic heterocycles. The van der Waals surface area contributed by atoms with Crippen LogP contribution in [-0.4, -0.2) is 103 Å². The Hall–Kier alpha value is -2.22. The molecule has 1 aromatic rings. The Labute approximate surface area is 262 Å². The van der Waals surface area contributed by atoms with Gasteiger partial charge in [0.2, 0.25) is 0 Å². The summed E-state index contributed by atoms with van der Waals surface area (Å²) in [5.41, 5.74) is 1.68. The van der Waals surface area contributed by atoms with Gasteiger partial charge in [0.25, 0.3) is 0 Å². The molecule has 0 aromatic heterocycles. The first-order valence-electron chi connectivity index (χ1n) is 15.1. The lowest BCUT2D eigenvalue weighted by Gasteiger charge is -2.33. The molecule has 0 radical (unpaired) electrons. The Morgan fingerprint density at radius 3 is 2.41 bits per heavy atom. The quantitative estimate of drug-likeness (QED) is 0.125. The van der Waals surface area contributed by atoms with Gasteiger partial charge in [-0.3, -0.25) is 4.79 Å². The minimum atomic E-state index is -1.17. The molecule has 44 heavy (non-hydrogen) atoms. The van der Waals surface area contributed by atoms with Gasteiger partial charge in [0.1, 0.15) is 38.4 Å². The number of ketones is 1. The highest BCUT2D eigenvalue weighted by molar-refractivity contribution is 5.81. The van der Waals surface area contributed by atoms with Crippen LogP contribution in [0.15, 0.2) is 35.9 Å². The van der Waals surface area contributed by atoms with Crippen molar-refractivity contribution in [2.75, 3.05) is 61.5 Å². The van der Waals surface area contributed by atoms with Crippen molar-refractivity contribution in [3.8, 4) is 0 Å². The van der Waals surface area contributed by atoms with Crippen LogP contribution in [0.3, 0.4) is 0 Å². The lowest BCUT2D eigenvalue weighted by atomic mass is 9.76. The van der Waals surface area contributed by atoms with Crippen molar-refractivity contribution >= 4 is 11.8 Å². The Morgan fingerprint density at radius 2 is 1.73 bits per heavy atom. The maximum atomic E-state index is 13.8. The number of carbonyl (C=O) groups is 2. The fourth-order valence-electron chi connectivity index (χ4n) is 4.89. The van der Waals surface area contributed by atoms with E-state index in [4.69, 9.17) is 37.9 Å². The highest BCUT2D eigenvalue weighted by atomic mass is 16.7. The molecule has 250 valence electrons. The standard InChI is InChI=1S/C33H52O11/c1-8-24(19-41-22-40-13-12-37-5)14-23(2)28-17-27(34)18-30(35)33(3,4)26-11-9-10-25(15-26)16-29(42-20-38-6)31(32(36)44-28)43-21-39-7/h9-11,14-15,24,28-31,35H,8,12-13,16-22H2,1-7H3/b23-14-/t24-,28?,29-,30+,31+/m1/s1. The van der Waals surface area contributed by atoms with Gasteiger partial charge in [-0.2, -0.15) is 0 Å². The summed E-state index contributed by atoms with van der Waals surface area (Å²) >= 11 is 0. The first-order valence-corrected chi connectivity index (χ1v) is 15.1. The molecule has 0 amide bonds. The molecule has 1 heterocycles. The van der Waals surface area contributed by atoms with E-state index in [9.17, 15) is 14.7 Å². The van der Waals surface area contributed by atoms with Crippen LogP contribution in [0.4, 0.5) is 0 Å². The summed E-state index contributed by atoms with van der Waals surface area (Å²) in [5.74, 6) is -0.948. The number of hydrogen-bond donors (Lipinski definition) is 1. The van der Waals surface area contributed by atoms with Gasteiger partial charge in [-0.1, -0.05) is 51.1 Å². The second-order valence-corrected chi connectivity index (χ2v) is 11.6. The van der Waals surface area contributed by atoms with Crippen LogP contribution in [0, 0.1) is 5.92 Å². The number of aliphatic hydroxyl groups excluding tert-OH is 1. The van der Waals surface area contributed by atoms with E-state index in [0.717, 1.165) is 17.5 Å². The normalized spacial score (nSPS) is 24.0. The number of esters is 1. The van der Waals surface area contributed by atoms with Gasteiger partial charge in [-0.25, -0.2) is 4.79 Å². The Balaban J connectivity index is 2.44. The summed E-state index contributed by atoms with van der Waals surface area (Å²) in [4.78, 5) is 27.2. The van der Waals surface area contributed by atoms with Crippen LogP contribution in [0.5, 0.6) is 0 Å². The maximum absolute atomic E-state index is 13.8. The molecule has 11 nitrogen and oxygen atoms in total. The zero-order chi connectivity index (χ0) is 32.5. The van der Waals surface area contributed by atoms with Gasteiger partial charge in [-0.15, -0.1) is 0 Å². The molecule has 11 heteroatoms. The molecular formula is C33H52O11. The average molecular weight is 625 g/mol. The summed E-state index contributed by atoms with van der Waals surface area (Å²) in [6.07, 6.45) is -1.01. The van der Waals surface area contributed by atoms with Crippen LogP contribution >= 0.6 is 0 Å². The number of benzene rings is 1. The summed E-state index contributed by atoms with van der Waals surface area (Å²) in [6.45, 7) is 8.82. The predicted molar refractivity (Wildman–Crippen MR) is 163 cm³/mol. The van der Waals surface area contributed by atoms with E-state index < -0.39 is 35.8 Å². The minimum Gasteiger partial charge on any atom is -0.455 e. The van der Waals surface area contributed by atoms with E-state index in [0.29, 0.717) is 31.8 Å². The third kappa shape index (κ3) is 12.3. The van der Waals surface area contributed by atoms with Crippen molar-refractivity contribution in [3.63, 3.8) is 0 Å².